The van der Waals surface area contributed by atoms with Crippen LogP contribution in [0.25, 0.3) is 0 Å². The van der Waals surface area contributed by atoms with Crippen molar-refractivity contribution in [3.8, 4) is 0 Å². The predicted octanol–water partition coefficient (Wildman–Crippen LogP) is 3.03. The number of anilines is 1. The van der Waals surface area contributed by atoms with Crippen LogP contribution in [0.15, 0.2) is 53.4 Å². The zero-order valence-corrected chi connectivity index (χ0v) is 17.9. The smallest absolute Gasteiger partial charge is 0.261 e. The molecule has 0 spiro atoms. The molecule has 0 bridgehead atoms. The third kappa shape index (κ3) is 4.27. The van der Waals surface area contributed by atoms with Gasteiger partial charge in [0.1, 0.15) is 0 Å². The first kappa shape index (κ1) is 21.6. The monoisotopic (exact) mass is 435 g/mol. The van der Waals surface area contributed by atoms with Crippen LogP contribution in [-0.2, 0) is 10.0 Å². The van der Waals surface area contributed by atoms with Gasteiger partial charge in [0.2, 0.25) is 0 Å². The largest absolute Gasteiger partial charge is 0.338 e. The van der Waals surface area contributed by atoms with Crippen LogP contribution in [0.2, 0.25) is 0 Å². The van der Waals surface area contributed by atoms with Crippen molar-refractivity contribution in [1.82, 2.24) is 4.90 Å². The van der Waals surface area contributed by atoms with E-state index in [1.807, 2.05) is 24.0 Å². The van der Waals surface area contributed by atoms with E-state index in [-0.39, 0.29) is 29.3 Å². The first-order chi connectivity index (χ1) is 13.3. The Morgan fingerprint density at radius 2 is 1.76 bits per heavy atom. The lowest BCUT2D eigenvalue weighted by Gasteiger charge is -2.19. The quantitative estimate of drug-likeness (QED) is 0.771. The average molecular weight is 436 g/mol. The number of fused-ring (bicyclic) bond motifs is 1. The molecule has 3 atom stereocenters. The number of rotatable bonds is 4. The molecule has 0 radical (unpaired) electrons. The highest BCUT2D eigenvalue weighted by Gasteiger charge is 2.42. The average Bonchev–Trinajstić information content (AvgIpc) is 3.25. The Morgan fingerprint density at radius 3 is 2.41 bits per heavy atom. The number of nitrogens with two attached hydrogens (primary N) is 1. The molecule has 2 fully saturated rings. The summed E-state index contributed by atoms with van der Waals surface area (Å²) in [5.74, 6) is 0.830. The lowest BCUT2D eigenvalue weighted by Crippen LogP contribution is -2.33. The van der Waals surface area contributed by atoms with Crippen LogP contribution >= 0.6 is 12.4 Å². The Labute approximate surface area is 177 Å². The van der Waals surface area contributed by atoms with Gasteiger partial charge >= 0.3 is 0 Å². The first-order valence-electron chi connectivity index (χ1n) is 9.58. The van der Waals surface area contributed by atoms with E-state index >= 15 is 0 Å². The Bertz CT molecular complexity index is 994. The summed E-state index contributed by atoms with van der Waals surface area (Å²) in [6, 6.07) is 13.5. The summed E-state index contributed by atoms with van der Waals surface area (Å²) >= 11 is 0. The van der Waals surface area contributed by atoms with E-state index < -0.39 is 10.0 Å². The van der Waals surface area contributed by atoms with Gasteiger partial charge in [0, 0.05) is 24.7 Å². The lowest BCUT2D eigenvalue weighted by molar-refractivity contribution is 0.0779. The molecule has 1 amide bonds. The maximum atomic E-state index is 12.8. The number of likely N-dealkylation sites (tertiary alicyclic amines) is 1. The van der Waals surface area contributed by atoms with Gasteiger partial charge in [-0.3, -0.25) is 9.52 Å². The molecule has 0 aromatic heterocycles. The van der Waals surface area contributed by atoms with Crippen LogP contribution in [0.1, 0.15) is 28.8 Å². The second-order valence-corrected chi connectivity index (χ2v) is 9.50. The fourth-order valence-corrected chi connectivity index (χ4v) is 5.45. The molecule has 1 saturated carbocycles. The van der Waals surface area contributed by atoms with Crippen molar-refractivity contribution < 1.29 is 13.2 Å². The number of aryl methyl sites for hydroxylation is 1. The molecule has 1 saturated heterocycles. The Kier molecular flexibility index (Phi) is 6.22. The minimum atomic E-state index is -3.71. The molecule has 29 heavy (non-hydrogen) atoms. The first-order valence-corrected chi connectivity index (χ1v) is 11.1. The summed E-state index contributed by atoms with van der Waals surface area (Å²) < 4.78 is 27.9. The molecule has 4 rings (SSSR count). The number of halogens is 1. The minimum Gasteiger partial charge on any atom is -0.338 e. The number of hydrogen-bond donors (Lipinski definition) is 2. The van der Waals surface area contributed by atoms with Crippen LogP contribution < -0.4 is 10.5 Å². The van der Waals surface area contributed by atoms with E-state index in [0.717, 1.165) is 24.9 Å². The van der Waals surface area contributed by atoms with Crippen LogP contribution in [-0.4, -0.2) is 38.4 Å². The van der Waals surface area contributed by atoms with E-state index in [9.17, 15) is 13.2 Å². The molecule has 156 valence electrons. The number of para-hydroxylation sites is 1. The van der Waals surface area contributed by atoms with E-state index in [4.69, 9.17) is 5.73 Å². The molecule has 2 aromatic carbocycles. The SMILES string of the molecule is Cc1ccccc1NS(=O)(=O)c1ccc(C(=O)N2CC3CCC(N)C3C2)cc1.Cl. The lowest BCUT2D eigenvalue weighted by atomic mass is 9.98. The molecule has 3 N–H and O–H groups in total. The molecule has 3 unspecified atom stereocenters. The molecule has 1 aliphatic carbocycles. The minimum absolute atomic E-state index is 0. The predicted molar refractivity (Wildman–Crippen MR) is 116 cm³/mol. The van der Waals surface area contributed by atoms with Crippen LogP contribution in [0, 0.1) is 18.8 Å². The van der Waals surface area contributed by atoms with Gasteiger partial charge < -0.3 is 10.6 Å². The van der Waals surface area contributed by atoms with Gasteiger partial charge in [0.15, 0.2) is 0 Å². The number of sulfonamides is 1. The van der Waals surface area contributed by atoms with Gasteiger partial charge in [-0.15, -0.1) is 12.4 Å². The van der Waals surface area contributed by atoms with Crippen molar-refractivity contribution in [3.63, 3.8) is 0 Å². The second kappa shape index (κ2) is 8.34. The van der Waals surface area contributed by atoms with Crippen molar-refractivity contribution in [1.29, 1.82) is 0 Å². The van der Waals surface area contributed by atoms with Gasteiger partial charge in [-0.2, -0.15) is 0 Å². The van der Waals surface area contributed by atoms with E-state index in [1.54, 1.807) is 24.3 Å². The highest BCUT2D eigenvalue weighted by Crippen LogP contribution is 2.37. The Morgan fingerprint density at radius 1 is 1.07 bits per heavy atom. The van der Waals surface area contributed by atoms with Crippen LogP contribution in [0.3, 0.4) is 0 Å². The standard InChI is InChI=1S/C21H25N3O3S.ClH/c1-14-4-2-3-5-20(14)23-28(26,27)17-9-6-15(7-10-17)21(25)24-12-16-8-11-19(22)18(16)13-24;/h2-7,9-10,16,18-19,23H,8,11-13,22H2,1H3;1H. The number of nitrogens with zero attached hydrogens (tertiary/aromatic N) is 1. The molecule has 1 heterocycles. The molecule has 2 aliphatic rings. The highest BCUT2D eigenvalue weighted by atomic mass is 35.5. The van der Waals surface area contributed by atoms with Crippen molar-refractivity contribution in [2.75, 3.05) is 17.8 Å². The normalized spacial score (nSPS) is 23.4. The van der Waals surface area contributed by atoms with Crippen molar-refractivity contribution >= 4 is 34.0 Å². The number of hydrogen-bond acceptors (Lipinski definition) is 4. The summed E-state index contributed by atoms with van der Waals surface area (Å²) in [5.41, 5.74) is 8.04. The van der Waals surface area contributed by atoms with Gasteiger partial charge in [-0.05, 0) is 67.5 Å². The van der Waals surface area contributed by atoms with Crippen LogP contribution in [0.4, 0.5) is 5.69 Å². The molecule has 8 heteroatoms. The summed E-state index contributed by atoms with van der Waals surface area (Å²) in [4.78, 5) is 14.8. The van der Waals surface area contributed by atoms with Gasteiger partial charge in [-0.1, -0.05) is 18.2 Å². The fraction of sp³-hybridized carbons (Fsp3) is 0.381. The zero-order chi connectivity index (χ0) is 19.9. The van der Waals surface area contributed by atoms with Crippen molar-refractivity contribution in [2.45, 2.75) is 30.7 Å². The number of nitrogens with one attached hydrogen (secondary N) is 1. The number of amides is 1. The number of carbonyl (C=O) groups is 1. The van der Waals surface area contributed by atoms with Gasteiger partial charge in [-0.25, -0.2) is 8.42 Å². The van der Waals surface area contributed by atoms with Crippen LogP contribution in [0.5, 0.6) is 0 Å². The molecule has 2 aromatic rings. The molecule has 1 aliphatic heterocycles. The maximum Gasteiger partial charge on any atom is 0.261 e. The summed E-state index contributed by atoms with van der Waals surface area (Å²) in [7, 11) is -3.71. The molecular weight excluding hydrogens is 410 g/mol. The fourth-order valence-electron chi connectivity index (χ4n) is 4.32. The Balaban J connectivity index is 0.00000240. The summed E-state index contributed by atoms with van der Waals surface area (Å²) in [6.45, 7) is 3.28. The van der Waals surface area contributed by atoms with E-state index in [2.05, 4.69) is 4.72 Å². The van der Waals surface area contributed by atoms with Gasteiger partial charge in [0.05, 0.1) is 10.6 Å². The molecule has 6 nitrogen and oxygen atoms in total. The highest BCUT2D eigenvalue weighted by molar-refractivity contribution is 7.92. The van der Waals surface area contributed by atoms with Crippen molar-refractivity contribution in [2.24, 2.45) is 17.6 Å². The third-order valence-electron chi connectivity index (χ3n) is 6.00. The maximum absolute atomic E-state index is 12.8. The van der Waals surface area contributed by atoms with E-state index in [0.29, 0.717) is 29.6 Å². The Hall–Kier alpha value is -2.09. The van der Waals surface area contributed by atoms with Gasteiger partial charge in [0.25, 0.3) is 15.9 Å². The topological polar surface area (TPSA) is 92.5 Å². The second-order valence-electron chi connectivity index (χ2n) is 7.82. The number of carbonyl (C=O) groups excluding carboxylic acids is 1. The van der Waals surface area contributed by atoms with Crippen molar-refractivity contribution in [3.05, 3.63) is 59.7 Å². The summed E-state index contributed by atoms with van der Waals surface area (Å²) in [5, 5.41) is 0. The number of benzene rings is 2. The zero-order valence-electron chi connectivity index (χ0n) is 16.2. The summed E-state index contributed by atoms with van der Waals surface area (Å²) in [6.07, 6.45) is 2.12. The molecular formula is C21H26ClN3O3S. The third-order valence-corrected chi connectivity index (χ3v) is 7.38. The van der Waals surface area contributed by atoms with E-state index in [1.165, 1.54) is 12.1 Å².